The lowest BCUT2D eigenvalue weighted by Crippen LogP contribution is -1.96. The van der Waals surface area contributed by atoms with Gasteiger partial charge in [0.15, 0.2) is 0 Å². The van der Waals surface area contributed by atoms with Crippen LogP contribution in [0.15, 0.2) is 54.9 Å². The summed E-state index contributed by atoms with van der Waals surface area (Å²) in [5, 5.41) is 16.3. The monoisotopic (exact) mass is 265 g/mol. The van der Waals surface area contributed by atoms with Gasteiger partial charge < -0.3 is 5.11 Å². The van der Waals surface area contributed by atoms with E-state index in [1.807, 2.05) is 48.7 Å². The van der Waals surface area contributed by atoms with Crippen LogP contribution in [0.2, 0.25) is 0 Å². The summed E-state index contributed by atoms with van der Waals surface area (Å²) in [5.74, 6) is 0. The van der Waals surface area contributed by atoms with Crippen molar-refractivity contribution in [1.29, 1.82) is 0 Å². The largest absolute Gasteiger partial charge is 0.387 e. The molecule has 100 valence electrons. The molecule has 20 heavy (non-hydrogen) atoms. The summed E-state index contributed by atoms with van der Waals surface area (Å²) < 4.78 is 0. The number of nitrogens with zero attached hydrogens (tertiary/aromatic N) is 2. The fourth-order valence-corrected chi connectivity index (χ4v) is 2.09. The van der Waals surface area contributed by atoms with E-state index in [4.69, 9.17) is 0 Å². The Morgan fingerprint density at radius 1 is 1.00 bits per heavy atom. The number of hydrogen-bond acceptors (Lipinski definition) is 3. The highest BCUT2D eigenvalue weighted by Gasteiger charge is 2.06. The summed E-state index contributed by atoms with van der Waals surface area (Å²) in [6, 6.07) is 13.8. The van der Waals surface area contributed by atoms with E-state index in [2.05, 4.69) is 15.2 Å². The first-order valence-corrected chi connectivity index (χ1v) is 6.48. The maximum atomic E-state index is 9.59. The summed E-state index contributed by atoms with van der Waals surface area (Å²) in [6.45, 7) is 1.72. The van der Waals surface area contributed by atoms with Crippen LogP contribution in [0.5, 0.6) is 0 Å². The number of aliphatic hydroxyl groups is 1. The molecule has 0 saturated heterocycles. The lowest BCUT2D eigenvalue weighted by atomic mass is 10.0. The Morgan fingerprint density at radius 2 is 1.75 bits per heavy atom. The predicted molar refractivity (Wildman–Crippen MR) is 77.9 cm³/mol. The number of rotatable bonds is 3. The highest BCUT2D eigenvalue weighted by atomic mass is 16.3. The van der Waals surface area contributed by atoms with Crippen molar-refractivity contribution in [2.75, 3.05) is 0 Å². The van der Waals surface area contributed by atoms with Crippen LogP contribution in [-0.4, -0.2) is 20.3 Å². The van der Waals surface area contributed by atoms with Crippen molar-refractivity contribution in [1.82, 2.24) is 15.2 Å². The number of H-pyrrole nitrogens is 1. The van der Waals surface area contributed by atoms with E-state index in [0.717, 1.165) is 22.4 Å². The average molecular weight is 265 g/mol. The number of benzene rings is 1. The maximum absolute atomic E-state index is 9.59. The lowest BCUT2D eigenvalue weighted by molar-refractivity contribution is 0.194. The summed E-state index contributed by atoms with van der Waals surface area (Å²) in [5.41, 5.74) is 4.74. The van der Waals surface area contributed by atoms with Crippen molar-refractivity contribution in [3.05, 3.63) is 60.6 Å². The molecule has 0 spiro atoms. The molecule has 0 aliphatic rings. The number of hydrogen-bond donors (Lipinski definition) is 2. The Bertz CT molecular complexity index is 688. The van der Waals surface area contributed by atoms with Crippen molar-refractivity contribution in [3.8, 4) is 22.4 Å². The second-order valence-corrected chi connectivity index (χ2v) is 4.69. The molecule has 1 aromatic carbocycles. The van der Waals surface area contributed by atoms with Crippen LogP contribution in [0.25, 0.3) is 22.4 Å². The molecule has 4 heteroatoms. The zero-order chi connectivity index (χ0) is 13.9. The van der Waals surface area contributed by atoms with Crippen LogP contribution < -0.4 is 0 Å². The van der Waals surface area contributed by atoms with Crippen molar-refractivity contribution in [2.24, 2.45) is 0 Å². The Labute approximate surface area is 117 Å². The predicted octanol–water partition coefficient (Wildman–Crippen LogP) is 3.19. The van der Waals surface area contributed by atoms with Gasteiger partial charge in [0.2, 0.25) is 0 Å². The first-order chi connectivity index (χ1) is 9.74. The van der Waals surface area contributed by atoms with Crippen molar-refractivity contribution >= 4 is 0 Å². The average Bonchev–Trinajstić information content (AvgIpc) is 3.02. The van der Waals surface area contributed by atoms with Crippen LogP contribution in [0.1, 0.15) is 18.7 Å². The van der Waals surface area contributed by atoms with Crippen LogP contribution in [-0.2, 0) is 0 Å². The van der Waals surface area contributed by atoms with Gasteiger partial charge in [0.25, 0.3) is 0 Å². The minimum Gasteiger partial charge on any atom is -0.387 e. The van der Waals surface area contributed by atoms with Crippen LogP contribution in [0.3, 0.4) is 0 Å². The van der Waals surface area contributed by atoms with Gasteiger partial charge in [0.1, 0.15) is 0 Å². The topological polar surface area (TPSA) is 61.8 Å². The molecule has 0 amide bonds. The Hall–Kier alpha value is -2.46. The Morgan fingerprint density at radius 3 is 2.40 bits per heavy atom. The van der Waals surface area contributed by atoms with E-state index < -0.39 is 6.10 Å². The molecule has 0 fully saturated rings. The molecular formula is C16H15N3O. The van der Waals surface area contributed by atoms with Gasteiger partial charge >= 0.3 is 0 Å². The number of aromatic amines is 1. The third kappa shape index (κ3) is 2.46. The van der Waals surface area contributed by atoms with Crippen LogP contribution in [0, 0.1) is 0 Å². The van der Waals surface area contributed by atoms with Gasteiger partial charge in [-0.2, -0.15) is 5.10 Å². The first kappa shape index (κ1) is 12.6. The molecule has 2 aromatic heterocycles. The fourth-order valence-electron chi connectivity index (χ4n) is 2.09. The van der Waals surface area contributed by atoms with Crippen LogP contribution in [0.4, 0.5) is 0 Å². The SMILES string of the molecule is CC(O)c1cccc(-c2ccc(-c3cn[nH]c3)cc2)n1. The fraction of sp³-hybridized carbons (Fsp3) is 0.125. The highest BCUT2D eigenvalue weighted by molar-refractivity contribution is 5.67. The summed E-state index contributed by atoms with van der Waals surface area (Å²) >= 11 is 0. The molecule has 2 N–H and O–H groups in total. The van der Waals surface area contributed by atoms with E-state index in [0.29, 0.717) is 5.69 Å². The van der Waals surface area contributed by atoms with Gasteiger partial charge in [0, 0.05) is 17.3 Å². The second-order valence-electron chi connectivity index (χ2n) is 4.69. The minimum absolute atomic E-state index is 0.555. The van der Waals surface area contributed by atoms with Gasteiger partial charge in [-0.3, -0.25) is 10.1 Å². The van der Waals surface area contributed by atoms with E-state index in [1.165, 1.54) is 0 Å². The lowest BCUT2D eigenvalue weighted by Gasteiger charge is -2.07. The number of pyridine rings is 1. The zero-order valence-corrected chi connectivity index (χ0v) is 11.1. The number of nitrogens with one attached hydrogen (secondary N) is 1. The van der Waals surface area contributed by atoms with Gasteiger partial charge in [-0.1, -0.05) is 30.3 Å². The Balaban J connectivity index is 1.93. The molecule has 0 aliphatic carbocycles. The number of aliphatic hydroxyl groups excluding tert-OH is 1. The third-order valence-electron chi connectivity index (χ3n) is 3.21. The zero-order valence-electron chi connectivity index (χ0n) is 11.1. The molecule has 1 atom stereocenters. The van der Waals surface area contributed by atoms with E-state index >= 15 is 0 Å². The molecule has 4 nitrogen and oxygen atoms in total. The van der Waals surface area contributed by atoms with Crippen molar-refractivity contribution in [3.63, 3.8) is 0 Å². The molecule has 0 aliphatic heterocycles. The molecule has 0 saturated carbocycles. The molecule has 2 heterocycles. The van der Waals surface area contributed by atoms with Crippen molar-refractivity contribution < 1.29 is 5.11 Å². The molecule has 3 rings (SSSR count). The van der Waals surface area contributed by atoms with Crippen LogP contribution >= 0.6 is 0 Å². The van der Waals surface area contributed by atoms with E-state index in [-0.39, 0.29) is 0 Å². The van der Waals surface area contributed by atoms with Gasteiger partial charge in [0.05, 0.1) is 23.7 Å². The molecule has 0 bridgehead atoms. The van der Waals surface area contributed by atoms with E-state index in [9.17, 15) is 5.11 Å². The maximum Gasteiger partial charge on any atom is 0.0932 e. The molecule has 1 unspecified atom stereocenters. The Kier molecular flexibility index (Phi) is 3.31. The standard InChI is InChI=1S/C16H15N3O/c1-11(20)15-3-2-4-16(19-15)13-7-5-12(6-8-13)14-9-17-18-10-14/h2-11,20H,1H3,(H,17,18). The number of aromatic nitrogens is 3. The summed E-state index contributed by atoms with van der Waals surface area (Å²) in [7, 11) is 0. The highest BCUT2D eigenvalue weighted by Crippen LogP contribution is 2.24. The van der Waals surface area contributed by atoms with Gasteiger partial charge in [-0.05, 0) is 24.6 Å². The third-order valence-corrected chi connectivity index (χ3v) is 3.21. The van der Waals surface area contributed by atoms with Gasteiger partial charge in [-0.25, -0.2) is 0 Å². The summed E-state index contributed by atoms with van der Waals surface area (Å²) in [4.78, 5) is 4.47. The molecule has 0 radical (unpaired) electrons. The van der Waals surface area contributed by atoms with E-state index in [1.54, 1.807) is 13.1 Å². The minimum atomic E-state index is -0.555. The van der Waals surface area contributed by atoms with Gasteiger partial charge in [-0.15, -0.1) is 0 Å². The quantitative estimate of drug-likeness (QED) is 0.764. The normalized spacial score (nSPS) is 12.3. The first-order valence-electron chi connectivity index (χ1n) is 6.48. The van der Waals surface area contributed by atoms with Crippen molar-refractivity contribution in [2.45, 2.75) is 13.0 Å². The smallest absolute Gasteiger partial charge is 0.0932 e. The molecule has 3 aromatic rings. The molecular weight excluding hydrogens is 250 g/mol. The summed E-state index contributed by atoms with van der Waals surface area (Å²) in [6.07, 6.45) is 3.10. The second kappa shape index (κ2) is 5.27.